The first-order chi connectivity index (χ1) is 8.50. The van der Waals surface area contributed by atoms with Crippen molar-refractivity contribution in [2.45, 2.75) is 58.6 Å². The largest absolute Gasteiger partial charge is 0.378 e. The summed E-state index contributed by atoms with van der Waals surface area (Å²) in [5.74, 6) is 0.727. The zero-order chi connectivity index (χ0) is 13.5. The van der Waals surface area contributed by atoms with Crippen molar-refractivity contribution in [3.63, 3.8) is 0 Å². The minimum Gasteiger partial charge on any atom is -0.378 e. The second kappa shape index (κ2) is 7.74. The second-order valence-electron chi connectivity index (χ2n) is 5.68. The Morgan fingerprint density at radius 1 is 1.44 bits per heavy atom. The van der Waals surface area contributed by atoms with Crippen molar-refractivity contribution >= 4 is 5.91 Å². The first-order valence-corrected chi connectivity index (χ1v) is 7.15. The van der Waals surface area contributed by atoms with Gasteiger partial charge < -0.3 is 15.8 Å². The lowest BCUT2D eigenvalue weighted by molar-refractivity contribution is -0.125. The molecule has 0 aromatic rings. The molecule has 0 radical (unpaired) electrons. The molecule has 0 aromatic carbocycles. The lowest BCUT2D eigenvalue weighted by Crippen LogP contribution is -2.35. The summed E-state index contributed by atoms with van der Waals surface area (Å²) in [5, 5.41) is 3.04. The van der Waals surface area contributed by atoms with E-state index in [2.05, 4.69) is 12.2 Å². The highest BCUT2D eigenvalue weighted by molar-refractivity contribution is 5.78. The van der Waals surface area contributed by atoms with Gasteiger partial charge in [0.1, 0.15) is 0 Å². The van der Waals surface area contributed by atoms with Crippen molar-refractivity contribution in [3.05, 3.63) is 0 Å². The van der Waals surface area contributed by atoms with Crippen molar-refractivity contribution in [3.8, 4) is 0 Å². The van der Waals surface area contributed by atoms with E-state index in [-0.39, 0.29) is 24.0 Å². The Kier molecular flexibility index (Phi) is 6.65. The van der Waals surface area contributed by atoms with E-state index in [0.717, 1.165) is 38.8 Å². The molecule has 1 heterocycles. The van der Waals surface area contributed by atoms with Crippen LogP contribution in [0.3, 0.4) is 0 Å². The maximum absolute atomic E-state index is 11.9. The van der Waals surface area contributed by atoms with Crippen LogP contribution in [0.5, 0.6) is 0 Å². The van der Waals surface area contributed by atoms with Crippen LogP contribution in [0.1, 0.15) is 46.5 Å². The molecule has 1 aliphatic rings. The topological polar surface area (TPSA) is 64.4 Å². The monoisotopic (exact) mass is 256 g/mol. The van der Waals surface area contributed by atoms with E-state index in [1.54, 1.807) is 0 Å². The summed E-state index contributed by atoms with van der Waals surface area (Å²) in [4.78, 5) is 11.9. The fourth-order valence-corrected chi connectivity index (χ4v) is 2.33. The molecule has 1 fully saturated rings. The van der Waals surface area contributed by atoms with Gasteiger partial charge in [-0.2, -0.15) is 0 Å². The van der Waals surface area contributed by atoms with Gasteiger partial charge in [0.2, 0.25) is 5.91 Å². The summed E-state index contributed by atoms with van der Waals surface area (Å²) in [6, 6.07) is 0.233. The van der Waals surface area contributed by atoms with Gasteiger partial charge in [-0.15, -0.1) is 0 Å². The Morgan fingerprint density at radius 3 is 2.72 bits per heavy atom. The third kappa shape index (κ3) is 5.36. The zero-order valence-corrected chi connectivity index (χ0v) is 11.9. The molecule has 0 aromatic heterocycles. The molecule has 0 spiro atoms. The number of nitrogens with one attached hydrogen (secondary N) is 1. The molecule has 1 amide bonds. The van der Waals surface area contributed by atoms with Crippen molar-refractivity contribution in [1.82, 2.24) is 5.32 Å². The standard InChI is InChI=1S/C14H28N2O2/c1-10(5-4-6-11(2)15)14(17)16-9-13-7-8-18-12(13)3/h10-13H,4-9,15H2,1-3H3,(H,16,17). The number of hydrogen-bond donors (Lipinski definition) is 2. The quantitative estimate of drug-likeness (QED) is 0.728. The number of carbonyl (C=O) groups is 1. The third-order valence-corrected chi connectivity index (χ3v) is 3.82. The number of amides is 1. The number of hydrogen-bond acceptors (Lipinski definition) is 3. The van der Waals surface area contributed by atoms with Gasteiger partial charge in [0.25, 0.3) is 0 Å². The van der Waals surface area contributed by atoms with Crippen LogP contribution in [0.25, 0.3) is 0 Å². The minimum atomic E-state index is 0.0846. The molecule has 106 valence electrons. The van der Waals surface area contributed by atoms with Crippen LogP contribution in [0.15, 0.2) is 0 Å². The molecule has 0 saturated carbocycles. The summed E-state index contributed by atoms with van der Waals surface area (Å²) in [5.41, 5.74) is 5.70. The van der Waals surface area contributed by atoms with Crippen LogP contribution in [0, 0.1) is 11.8 Å². The molecule has 4 atom stereocenters. The van der Waals surface area contributed by atoms with Gasteiger partial charge in [-0.05, 0) is 33.1 Å². The Hall–Kier alpha value is -0.610. The van der Waals surface area contributed by atoms with Crippen molar-refractivity contribution < 1.29 is 9.53 Å². The SMILES string of the molecule is CC(N)CCCC(C)C(=O)NCC1CCOC1C. The highest BCUT2D eigenvalue weighted by Gasteiger charge is 2.25. The predicted octanol–water partition coefficient (Wildman–Crippen LogP) is 1.68. The second-order valence-corrected chi connectivity index (χ2v) is 5.68. The Bertz CT molecular complexity index is 256. The van der Waals surface area contributed by atoms with Crippen LogP contribution < -0.4 is 11.1 Å². The molecule has 0 aliphatic carbocycles. The van der Waals surface area contributed by atoms with Crippen LogP contribution in [-0.2, 0) is 9.53 Å². The van der Waals surface area contributed by atoms with Crippen LogP contribution in [-0.4, -0.2) is 31.2 Å². The summed E-state index contributed by atoms with van der Waals surface area (Å²) in [6.45, 7) is 7.65. The Labute approximate surface area is 111 Å². The van der Waals surface area contributed by atoms with E-state index in [1.807, 2.05) is 13.8 Å². The van der Waals surface area contributed by atoms with E-state index in [0.29, 0.717) is 5.92 Å². The maximum Gasteiger partial charge on any atom is 0.222 e. The van der Waals surface area contributed by atoms with E-state index in [1.165, 1.54) is 0 Å². The molecule has 1 aliphatic heterocycles. The lowest BCUT2D eigenvalue weighted by Gasteiger charge is -2.17. The van der Waals surface area contributed by atoms with Gasteiger partial charge in [-0.3, -0.25) is 4.79 Å². The molecule has 3 N–H and O–H groups in total. The van der Waals surface area contributed by atoms with E-state index in [4.69, 9.17) is 10.5 Å². The first-order valence-electron chi connectivity index (χ1n) is 7.15. The Morgan fingerprint density at radius 2 is 2.17 bits per heavy atom. The van der Waals surface area contributed by atoms with Gasteiger partial charge in [0.15, 0.2) is 0 Å². The average Bonchev–Trinajstić information content (AvgIpc) is 2.71. The number of nitrogens with two attached hydrogens (primary N) is 1. The van der Waals surface area contributed by atoms with Gasteiger partial charge in [0.05, 0.1) is 6.10 Å². The molecular formula is C14H28N2O2. The molecule has 4 heteroatoms. The van der Waals surface area contributed by atoms with Gasteiger partial charge >= 0.3 is 0 Å². The summed E-state index contributed by atoms with van der Waals surface area (Å²) in [7, 11) is 0. The van der Waals surface area contributed by atoms with E-state index < -0.39 is 0 Å². The summed E-state index contributed by atoms with van der Waals surface area (Å²) < 4.78 is 5.48. The molecule has 4 unspecified atom stereocenters. The van der Waals surface area contributed by atoms with Crippen molar-refractivity contribution in [2.24, 2.45) is 17.6 Å². The average molecular weight is 256 g/mol. The minimum absolute atomic E-state index is 0.0846. The molecular weight excluding hydrogens is 228 g/mol. The van der Waals surface area contributed by atoms with Crippen molar-refractivity contribution in [1.29, 1.82) is 0 Å². The highest BCUT2D eigenvalue weighted by Crippen LogP contribution is 2.19. The molecule has 1 rings (SSSR count). The molecule has 1 saturated heterocycles. The van der Waals surface area contributed by atoms with E-state index in [9.17, 15) is 4.79 Å². The number of carbonyl (C=O) groups excluding carboxylic acids is 1. The van der Waals surface area contributed by atoms with Crippen LogP contribution in [0.2, 0.25) is 0 Å². The Balaban J connectivity index is 2.15. The molecule has 18 heavy (non-hydrogen) atoms. The maximum atomic E-state index is 11.9. The summed E-state index contributed by atoms with van der Waals surface area (Å²) >= 11 is 0. The zero-order valence-electron chi connectivity index (χ0n) is 11.9. The van der Waals surface area contributed by atoms with E-state index >= 15 is 0 Å². The van der Waals surface area contributed by atoms with Gasteiger partial charge in [-0.25, -0.2) is 0 Å². The van der Waals surface area contributed by atoms with Crippen LogP contribution >= 0.6 is 0 Å². The smallest absolute Gasteiger partial charge is 0.222 e. The van der Waals surface area contributed by atoms with Gasteiger partial charge in [0, 0.05) is 31.0 Å². The fourth-order valence-electron chi connectivity index (χ4n) is 2.33. The first kappa shape index (κ1) is 15.4. The summed E-state index contributed by atoms with van der Waals surface area (Å²) in [6.07, 6.45) is 4.27. The van der Waals surface area contributed by atoms with Crippen molar-refractivity contribution in [2.75, 3.05) is 13.2 Å². The van der Waals surface area contributed by atoms with Gasteiger partial charge in [-0.1, -0.05) is 13.3 Å². The number of ether oxygens (including phenoxy) is 1. The third-order valence-electron chi connectivity index (χ3n) is 3.82. The number of rotatable bonds is 7. The lowest BCUT2D eigenvalue weighted by atomic mass is 10.00. The molecule has 4 nitrogen and oxygen atoms in total. The normalized spacial score (nSPS) is 26.9. The molecule has 0 bridgehead atoms. The fraction of sp³-hybridized carbons (Fsp3) is 0.929. The predicted molar refractivity (Wildman–Crippen MR) is 73.2 cm³/mol. The van der Waals surface area contributed by atoms with Crippen LogP contribution in [0.4, 0.5) is 0 Å². The highest BCUT2D eigenvalue weighted by atomic mass is 16.5.